The number of nitrogens with two attached hydrogens (primary N) is 1. The summed E-state index contributed by atoms with van der Waals surface area (Å²) in [5.41, 5.74) is 5.69. The fourth-order valence-electron chi connectivity index (χ4n) is 1.87. The van der Waals surface area contributed by atoms with Crippen molar-refractivity contribution in [3.8, 4) is 0 Å². The molecule has 0 bridgehead atoms. The maximum atomic E-state index is 10.4. The van der Waals surface area contributed by atoms with Gasteiger partial charge in [-0.25, -0.2) is 0 Å². The number of carbonyl (C=O) groups is 1. The molecular formula is C11H21NO2. The van der Waals surface area contributed by atoms with Gasteiger partial charge in [0.2, 0.25) is 0 Å². The molecule has 14 heavy (non-hydrogen) atoms. The molecule has 3 heteroatoms. The lowest BCUT2D eigenvalue weighted by Gasteiger charge is -2.13. The Hall–Kier alpha value is -0.570. The Morgan fingerprint density at radius 1 is 1.50 bits per heavy atom. The van der Waals surface area contributed by atoms with Crippen molar-refractivity contribution in [1.82, 2.24) is 0 Å². The lowest BCUT2D eigenvalue weighted by atomic mass is 9.96. The fourth-order valence-corrected chi connectivity index (χ4v) is 1.87. The third-order valence-electron chi connectivity index (χ3n) is 2.90. The molecule has 0 spiro atoms. The zero-order valence-electron chi connectivity index (χ0n) is 8.91. The molecular weight excluding hydrogens is 178 g/mol. The van der Waals surface area contributed by atoms with Gasteiger partial charge in [0.15, 0.2) is 0 Å². The van der Waals surface area contributed by atoms with Crippen LogP contribution < -0.4 is 5.73 Å². The van der Waals surface area contributed by atoms with E-state index in [2.05, 4.69) is 6.92 Å². The van der Waals surface area contributed by atoms with Crippen LogP contribution in [-0.4, -0.2) is 17.1 Å². The summed E-state index contributed by atoms with van der Waals surface area (Å²) in [5.74, 6) is 0.885. The van der Waals surface area contributed by atoms with Gasteiger partial charge >= 0.3 is 5.97 Å². The first-order valence-corrected chi connectivity index (χ1v) is 5.55. The minimum atomic E-state index is -0.785. The van der Waals surface area contributed by atoms with E-state index in [-0.39, 0.29) is 12.5 Å². The molecule has 3 nitrogen and oxygen atoms in total. The Morgan fingerprint density at radius 2 is 2.14 bits per heavy atom. The third-order valence-corrected chi connectivity index (χ3v) is 2.90. The zero-order valence-corrected chi connectivity index (χ0v) is 8.91. The predicted octanol–water partition coefficient (Wildman–Crippen LogP) is 2.00. The molecule has 1 aliphatic carbocycles. The SMILES string of the molecule is CC(CCC(N)CC(=O)O)CC1CC1. The minimum absolute atomic E-state index is 0.107. The van der Waals surface area contributed by atoms with Crippen LogP contribution in [0.1, 0.15) is 45.4 Å². The maximum absolute atomic E-state index is 10.4. The zero-order chi connectivity index (χ0) is 10.6. The Balaban J connectivity index is 2.02. The highest BCUT2D eigenvalue weighted by molar-refractivity contribution is 5.67. The number of carboxylic acid groups (broad SMARTS) is 1. The highest BCUT2D eigenvalue weighted by atomic mass is 16.4. The molecule has 82 valence electrons. The van der Waals surface area contributed by atoms with E-state index in [0.717, 1.165) is 18.8 Å². The molecule has 1 rings (SSSR count). The highest BCUT2D eigenvalue weighted by Crippen LogP contribution is 2.36. The summed E-state index contributed by atoms with van der Waals surface area (Å²) in [4.78, 5) is 10.4. The number of aliphatic carboxylic acids is 1. The van der Waals surface area contributed by atoms with Gasteiger partial charge in [0.1, 0.15) is 0 Å². The molecule has 1 aliphatic rings. The maximum Gasteiger partial charge on any atom is 0.304 e. The Bertz CT molecular complexity index is 190. The van der Waals surface area contributed by atoms with Gasteiger partial charge in [-0.3, -0.25) is 4.79 Å². The summed E-state index contributed by atoms with van der Waals surface area (Å²) in [6.45, 7) is 2.24. The molecule has 0 aromatic heterocycles. The molecule has 0 saturated heterocycles. The standard InChI is InChI=1S/C11H21NO2/c1-8(6-9-3-4-9)2-5-10(12)7-11(13)14/h8-10H,2-7,12H2,1H3,(H,13,14). The van der Waals surface area contributed by atoms with Crippen LogP contribution >= 0.6 is 0 Å². The van der Waals surface area contributed by atoms with Crippen molar-refractivity contribution in [2.24, 2.45) is 17.6 Å². The second-order valence-electron chi connectivity index (χ2n) is 4.72. The summed E-state index contributed by atoms with van der Waals surface area (Å²) < 4.78 is 0. The second-order valence-corrected chi connectivity index (χ2v) is 4.72. The molecule has 0 aromatic carbocycles. The molecule has 1 saturated carbocycles. The summed E-state index contributed by atoms with van der Waals surface area (Å²) in [6.07, 6.45) is 6.12. The van der Waals surface area contributed by atoms with Crippen LogP contribution in [0.4, 0.5) is 0 Å². The Morgan fingerprint density at radius 3 is 2.64 bits per heavy atom. The van der Waals surface area contributed by atoms with Crippen molar-refractivity contribution >= 4 is 5.97 Å². The molecule has 0 amide bonds. The van der Waals surface area contributed by atoms with Crippen LogP contribution in [0.25, 0.3) is 0 Å². The summed E-state index contributed by atoms with van der Waals surface area (Å²) in [6, 6.07) is -0.158. The molecule has 0 radical (unpaired) electrons. The van der Waals surface area contributed by atoms with Crippen molar-refractivity contribution in [1.29, 1.82) is 0 Å². The van der Waals surface area contributed by atoms with Crippen molar-refractivity contribution in [2.75, 3.05) is 0 Å². The monoisotopic (exact) mass is 199 g/mol. The van der Waals surface area contributed by atoms with Gasteiger partial charge in [0, 0.05) is 6.04 Å². The summed E-state index contributed by atoms with van der Waals surface area (Å²) >= 11 is 0. The first-order valence-electron chi connectivity index (χ1n) is 5.55. The summed E-state index contributed by atoms with van der Waals surface area (Å²) in [7, 11) is 0. The minimum Gasteiger partial charge on any atom is -0.481 e. The third kappa shape index (κ3) is 5.22. The molecule has 1 fully saturated rings. The predicted molar refractivity (Wildman–Crippen MR) is 56.0 cm³/mol. The molecule has 2 unspecified atom stereocenters. The van der Waals surface area contributed by atoms with E-state index in [9.17, 15) is 4.79 Å². The lowest BCUT2D eigenvalue weighted by molar-refractivity contribution is -0.137. The van der Waals surface area contributed by atoms with E-state index in [1.165, 1.54) is 19.3 Å². The van der Waals surface area contributed by atoms with E-state index >= 15 is 0 Å². The largest absolute Gasteiger partial charge is 0.481 e. The van der Waals surface area contributed by atoms with Crippen molar-refractivity contribution in [2.45, 2.75) is 51.5 Å². The first kappa shape index (κ1) is 11.5. The van der Waals surface area contributed by atoms with Gasteiger partial charge in [-0.05, 0) is 31.1 Å². The average Bonchev–Trinajstić information content (AvgIpc) is 2.83. The van der Waals surface area contributed by atoms with Crippen LogP contribution in [0, 0.1) is 11.8 Å². The molecule has 2 atom stereocenters. The van der Waals surface area contributed by atoms with Gasteiger partial charge in [0.25, 0.3) is 0 Å². The molecule has 0 aromatic rings. The van der Waals surface area contributed by atoms with Crippen molar-refractivity contribution in [3.05, 3.63) is 0 Å². The second kappa shape index (κ2) is 5.35. The van der Waals surface area contributed by atoms with Crippen LogP contribution in [0.15, 0.2) is 0 Å². The van der Waals surface area contributed by atoms with Crippen LogP contribution in [-0.2, 0) is 4.79 Å². The first-order chi connectivity index (χ1) is 6.58. The van der Waals surface area contributed by atoms with E-state index in [0.29, 0.717) is 5.92 Å². The van der Waals surface area contributed by atoms with Gasteiger partial charge < -0.3 is 10.8 Å². The number of hydrogen-bond acceptors (Lipinski definition) is 2. The van der Waals surface area contributed by atoms with Crippen molar-refractivity contribution < 1.29 is 9.90 Å². The van der Waals surface area contributed by atoms with Gasteiger partial charge in [-0.1, -0.05) is 19.8 Å². The number of hydrogen-bond donors (Lipinski definition) is 2. The fraction of sp³-hybridized carbons (Fsp3) is 0.909. The van der Waals surface area contributed by atoms with Crippen molar-refractivity contribution in [3.63, 3.8) is 0 Å². The highest BCUT2D eigenvalue weighted by Gasteiger charge is 2.23. The normalized spacial score (nSPS) is 20.4. The van der Waals surface area contributed by atoms with Gasteiger partial charge in [0.05, 0.1) is 6.42 Å². The number of carboxylic acids is 1. The van der Waals surface area contributed by atoms with Crippen LogP contribution in [0.5, 0.6) is 0 Å². The van der Waals surface area contributed by atoms with E-state index in [4.69, 9.17) is 10.8 Å². The number of rotatable bonds is 7. The van der Waals surface area contributed by atoms with Gasteiger partial charge in [-0.2, -0.15) is 0 Å². The summed E-state index contributed by atoms with van der Waals surface area (Å²) in [5, 5.41) is 8.52. The van der Waals surface area contributed by atoms with Crippen LogP contribution in [0.3, 0.4) is 0 Å². The average molecular weight is 199 g/mol. The van der Waals surface area contributed by atoms with Crippen LogP contribution in [0.2, 0.25) is 0 Å². The van der Waals surface area contributed by atoms with E-state index < -0.39 is 5.97 Å². The smallest absolute Gasteiger partial charge is 0.304 e. The van der Waals surface area contributed by atoms with E-state index in [1.807, 2.05) is 0 Å². The Kier molecular flexibility index (Phi) is 4.39. The molecule has 3 N–H and O–H groups in total. The molecule has 0 aliphatic heterocycles. The lowest BCUT2D eigenvalue weighted by Crippen LogP contribution is -2.24. The van der Waals surface area contributed by atoms with E-state index in [1.54, 1.807) is 0 Å². The topological polar surface area (TPSA) is 63.3 Å². The quantitative estimate of drug-likeness (QED) is 0.659. The molecule has 0 heterocycles. The Labute approximate surface area is 85.7 Å². The van der Waals surface area contributed by atoms with Gasteiger partial charge in [-0.15, -0.1) is 0 Å².